The van der Waals surface area contributed by atoms with Crippen molar-refractivity contribution in [2.24, 2.45) is 5.92 Å². The SMILES string of the molecule is CCCCC/C=C\CCCC(CCC/C=C\CCCCC)COC(=O)CCCCCNCCO. The van der Waals surface area contributed by atoms with Gasteiger partial charge in [-0.05, 0) is 89.5 Å². The monoisotopic (exact) mass is 479 g/mol. The fourth-order valence-corrected chi connectivity index (χ4v) is 4.04. The third-order valence-electron chi connectivity index (χ3n) is 6.25. The van der Waals surface area contributed by atoms with Crippen molar-refractivity contribution in [1.82, 2.24) is 5.32 Å². The Morgan fingerprint density at radius 3 is 1.82 bits per heavy atom. The van der Waals surface area contributed by atoms with E-state index in [1.165, 1.54) is 64.2 Å². The second kappa shape index (κ2) is 28.1. The number of allylic oxidation sites excluding steroid dienone is 4. The molecule has 0 aromatic carbocycles. The van der Waals surface area contributed by atoms with Crippen molar-refractivity contribution < 1.29 is 14.6 Å². The predicted molar refractivity (Wildman–Crippen MR) is 147 cm³/mol. The van der Waals surface area contributed by atoms with E-state index in [9.17, 15) is 4.79 Å². The van der Waals surface area contributed by atoms with Crippen LogP contribution in [0.4, 0.5) is 0 Å². The normalized spacial score (nSPS) is 11.9. The van der Waals surface area contributed by atoms with Gasteiger partial charge in [-0.15, -0.1) is 0 Å². The first kappa shape index (κ1) is 32.9. The van der Waals surface area contributed by atoms with E-state index in [0.29, 0.717) is 25.5 Å². The maximum absolute atomic E-state index is 12.2. The number of nitrogens with one attached hydrogen (secondary N) is 1. The largest absolute Gasteiger partial charge is 0.465 e. The highest BCUT2D eigenvalue weighted by molar-refractivity contribution is 5.69. The molecule has 0 saturated heterocycles. The second-order valence-corrected chi connectivity index (χ2v) is 9.63. The van der Waals surface area contributed by atoms with Crippen LogP contribution in [-0.4, -0.2) is 37.4 Å². The first-order valence-corrected chi connectivity index (χ1v) is 14.5. The van der Waals surface area contributed by atoms with Crippen LogP contribution in [0.5, 0.6) is 0 Å². The minimum absolute atomic E-state index is 0.0417. The fourth-order valence-electron chi connectivity index (χ4n) is 4.04. The van der Waals surface area contributed by atoms with Gasteiger partial charge in [0.2, 0.25) is 0 Å². The number of carbonyl (C=O) groups excluding carboxylic acids is 1. The van der Waals surface area contributed by atoms with Crippen LogP contribution in [0.2, 0.25) is 0 Å². The van der Waals surface area contributed by atoms with E-state index < -0.39 is 0 Å². The first-order chi connectivity index (χ1) is 16.7. The second-order valence-electron chi connectivity index (χ2n) is 9.63. The number of esters is 1. The van der Waals surface area contributed by atoms with Gasteiger partial charge < -0.3 is 15.2 Å². The zero-order valence-corrected chi connectivity index (χ0v) is 22.7. The lowest BCUT2D eigenvalue weighted by Crippen LogP contribution is -2.19. The average molecular weight is 480 g/mol. The Morgan fingerprint density at radius 1 is 0.735 bits per heavy atom. The minimum Gasteiger partial charge on any atom is -0.465 e. The summed E-state index contributed by atoms with van der Waals surface area (Å²) in [5, 5.41) is 11.9. The molecule has 0 amide bonds. The summed E-state index contributed by atoms with van der Waals surface area (Å²) in [6, 6.07) is 0. The van der Waals surface area contributed by atoms with E-state index >= 15 is 0 Å². The van der Waals surface area contributed by atoms with Crippen molar-refractivity contribution in [3.05, 3.63) is 24.3 Å². The highest BCUT2D eigenvalue weighted by atomic mass is 16.5. The van der Waals surface area contributed by atoms with Crippen LogP contribution in [0, 0.1) is 5.92 Å². The number of hydrogen-bond acceptors (Lipinski definition) is 4. The summed E-state index contributed by atoms with van der Waals surface area (Å²) in [4.78, 5) is 12.2. The van der Waals surface area contributed by atoms with Crippen LogP contribution < -0.4 is 5.32 Å². The molecule has 0 heterocycles. The fraction of sp³-hybridized carbons (Fsp3) is 0.833. The molecule has 0 aromatic rings. The molecule has 0 bridgehead atoms. The Hall–Kier alpha value is -1.13. The molecule has 0 aromatic heterocycles. The molecule has 2 N–H and O–H groups in total. The standard InChI is InChI=1S/C30H57NO3/c1-3-5-7-9-11-13-15-18-22-29(23-19-16-14-12-10-8-6-4-2)28-34-30(33)24-20-17-21-25-31-26-27-32/h11-14,29,31-32H,3-10,15-28H2,1-2H3/b13-11-,14-12-. The number of ether oxygens (including phenoxy) is 1. The molecule has 0 fully saturated rings. The van der Waals surface area contributed by atoms with Crippen molar-refractivity contribution in [3.8, 4) is 0 Å². The van der Waals surface area contributed by atoms with E-state index in [2.05, 4.69) is 43.5 Å². The number of unbranched alkanes of at least 4 members (excludes halogenated alkanes) is 10. The lowest BCUT2D eigenvalue weighted by Gasteiger charge is -2.16. The van der Waals surface area contributed by atoms with E-state index in [4.69, 9.17) is 9.84 Å². The summed E-state index contributed by atoms with van der Waals surface area (Å²) >= 11 is 0. The van der Waals surface area contributed by atoms with Gasteiger partial charge in [-0.3, -0.25) is 4.79 Å². The molecule has 34 heavy (non-hydrogen) atoms. The molecule has 0 aliphatic heterocycles. The highest BCUT2D eigenvalue weighted by Gasteiger charge is 2.12. The zero-order chi connectivity index (χ0) is 25.0. The van der Waals surface area contributed by atoms with E-state index in [-0.39, 0.29) is 12.6 Å². The van der Waals surface area contributed by atoms with E-state index in [0.717, 1.165) is 51.5 Å². The van der Waals surface area contributed by atoms with Crippen LogP contribution in [0.15, 0.2) is 24.3 Å². The van der Waals surface area contributed by atoms with Gasteiger partial charge in [0.15, 0.2) is 0 Å². The number of aliphatic hydroxyl groups is 1. The number of carbonyl (C=O) groups is 1. The zero-order valence-electron chi connectivity index (χ0n) is 22.7. The Bertz CT molecular complexity index is 450. The molecule has 0 atom stereocenters. The third-order valence-corrected chi connectivity index (χ3v) is 6.25. The molecule has 4 nitrogen and oxygen atoms in total. The predicted octanol–water partition coefficient (Wildman–Crippen LogP) is 7.90. The molecular formula is C30H57NO3. The lowest BCUT2D eigenvalue weighted by molar-refractivity contribution is -0.145. The average Bonchev–Trinajstić information content (AvgIpc) is 2.84. The molecular weight excluding hydrogens is 422 g/mol. The summed E-state index contributed by atoms with van der Waals surface area (Å²) < 4.78 is 5.67. The summed E-state index contributed by atoms with van der Waals surface area (Å²) in [6.07, 6.45) is 30.0. The van der Waals surface area contributed by atoms with Gasteiger partial charge in [0, 0.05) is 13.0 Å². The molecule has 0 saturated carbocycles. The topological polar surface area (TPSA) is 58.6 Å². The van der Waals surface area contributed by atoms with Crippen LogP contribution >= 0.6 is 0 Å². The number of aliphatic hydroxyl groups excluding tert-OH is 1. The molecule has 0 aliphatic rings. The van der Waals surface area contributed by atoms with Gasteiger partial charge in [-0.2, -0.15) is 0 Å². The maximum Gasteiger partial charge on any atom is 0.305 e. The quantitative estimate of drug-likeness (QED) is 0.0752. The molecule has 0 radical (unpaired) electrons. The first-order valence-electron chi connectivity index (χ1n) is 14.5. The van der Waals surface area contributed by atoms with Crippen molar-refractivity contribution in [1.29, 1.82) is 0 Å². The summed E-state index contributed by atoms with van der Waals surface area (Å²) in [5.41, 5.74) is 0. The Balaban J connectivity index is 4.14. The smallest absolute Gasteiger partial charge is 0.305 e. The number of rotatable bonds is 26. The summed E-state index contributed by atoms with van der Waals surface area (Å²) in [5.74, 6) is 0.438. The summed E-state index contributed by atoms with van der Waals surface area (Å²) in [7, 11) is 0. The van der Waals surface area contributed by atoms with Gasteiger partial charge in [0.05, 0.1) is 13.2 Å². The van der Waals surface area contributed by atoms with E-state index in [1.807, 2.05) is 0 Å². The van der Waals surface area contributed by atoms with E-state index in [1.54, 1.807) is 0 Å². The summed E-state index contributed by atoms with van der Waals surface area (Å²) in [6.45, 7) is 6.80. The molecule has 0 aliphatic carbocycles. The lowest BCUT2D eigenvalue weighted by atomic mass is 9.96. The maximum atomic E-state index is 12.2. The highest BCUT2D eigenvalue weighted by Crippen LogP contribution is 2.18. The van der Waals surface area contributed by atoms with Crippen LogP contribution in [0.25, 0.3) is 0 Å². The van der Waals surface area contributed by atoms with Crippen molar-refractivity contribution in [2.45, 2.75) is 129 Å². The van der Waals surface area contributed by atoms with Gasteiger partial charge in [0.25, 0.3) is 0 Å². The Kier molecular flexibility index (Phi) is 27.2. The van der Waals surface area contributed by atoms with Gasteiger partial charge in [-0.25, -0.2) is 0 Å². The van der Waals surface area contributed by atoms with Gasteiger partial charge in [-0.1, -0.05) is 70.3 Å². The van der Waals surface area contributed by atoms with Crippen LogP contribution in [0.3, 0.4) is 0 Å². The molecule has 0 spiro atoms. The molecule has 0 unspecified atom stereocenters. The Labute approximate surface area is 212 Å². The van der Waals surface area contributed by atoms with Crippen molar-refractivity contribution in [2.75, 3.05) is 26.3 Å². The third kappa shape index (κ3) is 25.5. The van der Waals surface area contributed by atoms with Gasteiger partial charge in [0.1, 0.15) is 0 Å². The molecule has 0 rings (SSSR count). The van der Waals surface area contributed by atoms with Crippen molar-refractivity contribution >= 4 is 5.97 Å². The van der Waals surface area contributed by atoms with Crippen LogP contribution in [-0.2, 0) is 9.53 Å². The number of hydrogen-bond donors (Lipinski definition) is 2. The van der Waals surface area contributed by atoms with Crippen LogP contribution in [0.1, 0.15) is 129 Å². The van der Waals surface area contributed by atoms with Crippen molar-refractivity contribution in [3.63, 3.8) is 0 Å². The van der Waals surface area contributed by atoms with Gasteiger partial charge >= 0.3 is 5.97 Å². The minimum atomic E-state index is -0.0417. The Morgan fingerprint density at radius 2 is 1.29 bits per heavy atom. The molecule has 4 heteroatoms. The molecule has 200 valence electrons.